The summed E-state index contributed by atoms with van der Waals surface area (Å²) in [5.74, 6) is 1.16. The van der Waals surface area contributed by atoms with Crippen molar-refractivity contribution in [3.8, 4) is 0 Å². The van der Waals surface area contributed by atoms with Crippen LogP contribution in [0.1, 0.15) is 57.8 Å². The maximum atomic E-state index is 11.8. The molecule has 2 rings (SSSR count). The van der Waals surface area contributed by atoms with Gasteiger partial charge in [-0.05, 0) is 38.8 Å². The number of nitrogens with one attached hydrogen (secondary N) is 1. The van der Waals surface area contributed by atoms with Gasteiger partial charge in [-0.25, -0.2) is 0 Å². The molecule has 0 radical (unpaired) electrons. The van der Waals surface area contributed by atoms with Gasteiger partial charge in [0.2, 0.25) is 5.91 Å². The fourth-order valence-electron chi connectivity index (χ4n) is 3.72. The number of amides is 1. The van der Waals surface area contributed by atoms with Crippen molar-refractivity contribution in [3.05, 3.63) is 0 Å². The molecule has 1 N–H and O–H groups in total. The number of hydrogen-bond donors (Lipinski definition) is 1. The van der Waals surface area contributed by atoms with E-state index in [2.05, 4.69) is 22.2 Å². The Hall–Kier alpha value is -0.610. The highest BCUT2D eigenvalue weighted by Gasteiger charge is 2.14. The summed E-state index contributed by atoms with van der Waals surface area (Å²) >= 11 is 0. The van der Waals surface area contributed by atoms with Gasteiger partial charge in [-0.15, -0.1) is 0 Å². The molecule has 0 aromatic rings. The van der Waals surface area contributed by atoms with E-state index in [-0.39, 0.29) is 5.91 Å². The molecule has 4 heteroatoms. The summed E-state index contributed by atoms with van der Waals surface area (Å²) in [4.78, 5) is 16.7. The minimum absolute atomic E-state index is 0.259. The fraction of sp³-hybridized carbons (Fsp3) is 0.944. The Kier molecular flexibility index (Phi) is 8.24. The summed E-state index contributed by atoms with van der Waals surface area (Å²) in [6, 6.07) is 0. The van der Waals surface area contributed by atoms with Crippen LogP contribution < -0.4 is 5.32 Å². The van der Waals surface area contributed by atoms with Gasteiger partial charge in [0.05, 0.1) is 0 Å². The van der Waals surface area contributed by atoms with Crippen molar-refractivity contribution in [1.82, 2.24) is 15.1 Å². The Morgan fingerprint density at radius 1 is 1.05 bits per heavy atom. The third-order valence-electron chi connectivity index (χ3n) is 5.31. The first-order valence-electron chi connectivity index (χ1n) is 9.41. The molecule has 1 saturated carbocycles. The van der Waals surface area contributed by atoms with E-state index in [1.165, 1.54) is 64.7 Å². The highest BCUT2D eigenvalue weighted by Crippen LogP contribution is 2.27. The number of carbonyl (C=O) groups is 1. The lowest BCUT2D eigenvalue weighted by atomic mass is 9.86. The summed E-state index contributed by atoms with van der Waals surface area (Å²) in [7, 11) is 2.19. The lowest BCUT2D eigenvalue weighted by Gasteiger charge is -2.32. The Morgan fingerprint density at radius 3 is 2.50 bits per heavy atom. The van der Waals surface area contributed by atoms with Gasteiger partial charge in [0, 0.05) is 39.1 Å². The van der Waals surface area contributed by atoms with Gasteiger partial charge in [-0.2, -0.15) is 0 Å². The Labute approximate surface area is 136 Å². The summed E-state index contributed by atoms with van der Waals surface area (Å²) in [6.07, 6.45) is 11.2. The van der Waals surface area contributed by atoms with Gasteiger partial charge in [0.1, 0.15) is 0 Å². The lowest BCUT2D eigenvalue weighted by Crippen LogP contribution is -2.45. The van der Waals surface area contributed by atoms with Crippen LogP contribution in [0, 0.1) is 5.92 Å². The molecule has 0 aromatic carbocycles. The van der Waals surface area contributed by atoms with Crippen molar-refractivity contribution in [1.29, 1.82) is 0 Å². The van der Waals surface area contributed by atoms with Crippen LogP contribution in [0.5, 0.6) is 0 Å². The number of rotatable bonds is 8. The third kappa shape index (κ3) is 7.10. The Morgan fingerprint density at radius 2 is 1.77 bits per heavy atom. The van der Waals surface area contributed by atoms with Gasteiger partial charge < -0.3 is 15.1 Å². The molecule has 0 bridgehead atoms. The third-order valence-corrected chi connectivity index (χ3v) is 5.31. The maximum Gasteiger partial charge on any atom is 0.219 e. The SMILES string of the molecule is CN1CCN(CCCNC(=O)CCCC2CCCCC2)CC1. The number of carbonyl (C=O) groups excluding carboxylic acids is 1. The average Bonchev–Trinajstić information content (AvgIpc) is 2.54. The molecule has 128 valence electrons. The van der Waals surface area contributed by atoms with E-state index in [4.69, 9.17) is 0 Å². The number of piperazine rings is 1. The molecule has 1 amide bonds. The molecule has 0 unspecified atom stereocenters. The predicted octanol–water partition coefficient (Wildman–Crippen LogP) is 2.49. The zero-order valence-corrected chi connectivity index (χ0v) is 14.5. The molecule has 0 spiro atoms. The Bertz CT molecular complexity index is 307. The van der Waals surface area contributed by atoms with Crippen LogP contribution in [-0.2, 0) is 4.79 Å². The Balaban J connectivity index is 1.42. The van der Waals surface area contributed by atoms with E-state index in [1.54, 1.807) is 0 Å². The van der Waals surface area contributed by atoms with Crippen LogP contribution in [0.4, 0.5) is 0 Å². The molecule has 2 aliphatic rings. The normalized spacial score (nSPS) is 21.9. The minimum atomic E-state index is 0.259. The number of likely N-dealkylation sites (N-methyl/N-ethyl adjacent to an activating group) is 1. The van der Waals surface area contributed by atoms with E-state index in [0.29, 0.717) is 0 Å². The zero-order chi connectivity index (χ0) is 15.6. The van der Waals surface area contributed by atoms with Crippen LogP contribution in [0.2, 0.25) is 0 Å². The summed E-state index contributed by atoms with van der Waals surface area (Å²) < 4.78 is 0. The van der Waals surface area contributed by atoms with Crippen LogP contribution in [-0.4, -0.2) is 62.0 Å². The topological polar surface area (TPSA) is 35.6 Å². The summed E-state index contributed by atoms with van der Waals surface area (Å²) in [5, 5.41) is 3.09. The second-order valence-electron chi connectivity index (χ2n) is 7.24. The molecule has 4 nitrogen and oxygen atoms in total. The zero-order valence-electron chi connectivity index (χ0n) is 14.5. The number of hydrogen-bond acceptors (Lipinski definition) is 3. The van der Waals surface area contributed by atoms with Gasteiger partial charge in [-0.1, -0.05) is 32.1 Å². The molecule has 0 aromatic heterocycles. The maximum absolute atomic E-state index is 11.8. The molecular formula is C18H35N3O. The van der Waals surface area contributed by atoms with Crippen LogP contribution in [0.3, 0.4) is 0 Å². The van der Waals surface area contributed by atoms with Crippen LogP contribution >= 0.6 is 0 Å². The average molecular weight is 309 g/mol. The minimum Gasteiger partial charge on any atom is -0.356 e. The first-order chi connectivity index (χ1) is 10.7. The second kappa shape index (κ2) is 10.2. The van der Waals surface area contributed by atoms with E-state index in [0.717, 1.165) is 38.3 Å². The van der Waals surface area contributed by atoms with E-state index >= 15 is 0 Å². The predicted molar refractivity (Wildman–Crippen MR) is 92.0 cm³/mol. The summed E-state index contributed by atoms with van der Waals surface area (Å²) in [6.45, 7) is 6.66. The largest absolute Gasteiger partial charge is 0.356 e. The molecule has 1 saturated heterocycles. The van der Waals surface area contributed by atoms with Crippen molar-refractivity contribution < 1.29 is 4.79 Å². The fourth-order valence-corrected chi connectivity index (χ4v) is 3.72. The second-order valence-corrected chi connectivity index (χ2v) is 7.24. The molecule has 2 fully saturated rings. The smallest absolute Gasteiger partial charge is 0.219 e. The molecule has 0 atom stereocenters. The first-order valence-corrected chi connectivity index (χ1v) is 9.41. The standard InChI is InChI=1S/C18H35N3O/c1-20-13-15-21(16-14-20)12-6-11-19-18(22)10-5-9-17-7-3-2-4-8-17/h17H,2-16H2,1H3,(H,19,22). The van der Waals surface area contributed by atoms with Crippen molar-refractivity contribution in [3.63, 3.8) is 0 Å². The molecule has 1 aliphatic heterocycles. The monoisotopic (exact) mass is 309 g/mol. The molecule has 1 heterocycles. The van der Waals surface area contributed by atoms with Crippen molar-refractivity contribution >= 4 is 5.91 Å². The van der Waals surface area contributed by atoms with Crippen molar-refractivity contribution in [2.45, 2.75) is 57.8 Å². The highest BCUT2D eigenvalue weighted by molar-refractivity contribution is 5.75. The van der Waals surface area contributed by atoms with Crippen LogP contribution in [0.25, 0.3) is 0 Å². The number of nitrogens with zero attached hydrogens (tertiary/aromatic N) is 2. The lowest BCUT2D eigenvalue weighted by molar-refractivity contribution is -0.121. The van der Waals surface area contributed by atoms with Gasteiger partial charge in [0.25, 0.3) is 0 Å². The summed E-state index contributed by atoms with van der Waals surface area (Å²) in [5.41, 5.74) is 0. The first kappa shape index (κ1) is 17.7. The van der Waals surface area contributed by atoms with E-state index in [9.17, 15) is 4.79 Å². The van der Waals surface area contributed by atoms with Gasteiger partial charge in [-0.3, -0.25) is 4.79 Å². The molecule has 22 heavy (non-hydrogen) atoms. The van der Waals surface area contributed by atoms with Gasteiger partial charge in [0.15, 0.2) is 0 Å². The quantitative estimate of drug-likeness (QED) is 0.700. The highest BCUT2D eigenvalue weighted by atomic mass is 16.1. The van der Waals surface area contributed by atoms with Crippen LogP contribution in [0.15, 0.2) is 0 Å². The van der Waals surface area contributed by atoms with E-state index in [1.807, 2.05) is 0 Å². The molecule has 1 aliphatic carbocycles. The van der Waals surface area contributed by atoms with Crippen molar-refractivity contribution in [2.75, 3.05) is 46.3 Å². The molecular weight excluding hydrogens is 274 g/mol. The van der Waals surface area contributed by atoms with Gasteiger partial charge >= 0.3 is 0 Å². The van der Waals surface area contributed by atoms with E-state index < -0.39 is 0 Å². The van der Waals surface area contributed by atoms with Crippen molar-refractivity contribution in [2.24, 2.45) is 5.92 Å².